The van der Waals surface area contributed by atoms with Crippen LogP contribution in [-0.2, 0) is 0 Å². The topological polar surface area (TPSA) is 41.5 Å². The first-order valence-corrected chi connectivity index (χ1v) is 11.2. The van der Waals surface area contributed by atoms with E-state index in [1.165, 1.54) is 44.1 Å². The summed E-state index contributed by atoms with van der Waals surface area (Å²) in [6.45, 7) is 1.72. The lowest BCUT2D eigenvalue weighted by molar-refractivity contribution is -0.0503. The Bertz CT molecular complexity index is 806. The Morgan fingerprint density at radius 2 is 1.89 bits per heavy atom. The SMILES string of the molecule is O=C(NCC12CC3CC(CC(C3)C1)C2)c1cc(/C=C2/C=NCCC2)ccc1Cl. The molecule has 28 heavy (non-hydrogen) atoms. The average Bonchev–Trinajstić information content (AvgIpc) is 2.67. The molecular weight excluding hydrogens is 368 g/mol. The van der Waals surface area contributed by atoms with E-state index in [1.54, 1.807) is 0 Å². The highest BCUT2D eigenvalue weighted by Gasteiger charge is 2.50. The molecule has 1 aliphatic heterocycles. The molecule has 4 fully saturated rings. The lowest BCUT2D eigenvalue weighted by Gasteiger charge is -2.56. The number of halogens is 1. The second kappa shape index (κ2) is 7.33. The Hall–Kier alpha value is -1.61. The summed E-state index contributed by atoms with van der Waals surface area (Å²) < 4.78 is 0. The van der Waals surface area contributed by atoms with Crippen LogP contribution in [0.2, 0.25) is 5.02 Å². The summed E-state index contributed by atoms with van der Waals surface area (Å²) in [5.74, 6) is 2.68. The number of hydrogen-bond acceptors (Lipinski definition) is 2. The molecular formula is C24H29ClN2O. The van der Waals surface area contributed by atoms with E-state index in [2.05, 4.69) is 16.4 Å². The highest BCUT2D eigenvalue weighted by Crippen LogP contribution is 2.59. The van der Waals surface area contributed by atoms with Crippen LogP contribution in [0.15, 0.2) is 28.8 Å². The monoisotopic (exact) mass is 396 g/mol. The number of nitrogens with one attached hydrogen (secondary N) is 1. The van der Waals surface area contributed by atoms with E-state index >= 15 is 0 Å². The second-order valence-electron chi connectivity index (χ2n) is 9.70. The zero-order chi connectivity index (χ0) is 19.1. The molecule has 0 saturated heterocycles. The number of benzene rings is 1. The van der Waals surface area contributed by atoms with Gasteiger partial charge in [-0.25, -0.2) is 0 Å². The maximum Gasteiger partial charge on any atom is 0.252 e. The van der Waals surface area contributed by atoms with Crippen molar-refractivity contribution in [2.24, 2.45) is 28.2 Å². The molecule has 1 N–H and O–H groups in total. The van der Waals surface area contributed by atoms with Gasteiger partial charge in [0.1, 0.15) is 0 Å². The maximum absolute atomic E-state index is 13.0. The lowest BCUT2D eigenvalue weighted by atomic mass is 9.49. The number of hydrogen-bond donors (Lipinski definition) is 1. The molecule has 4 saturated carbocycles. The lowest BCUT2D eigenvalue weighted by Crippen LogP contribution is -2.51. The van der Waals surface area contributed by atoms with Gasteiger partial charge in [0.05, 0.1) is 10.6 Å². The Labute approximate surface area is 172 Å². The fourth-order valence-corrected chi connectivity index (χ4v) is 6.82. The molecule has 1 amide bonds. The van der Waals surface area contributed by atoms with Crippen LogP contribution in [-0.4, -0.2) is 25.2 Å². The fraction of sp³-hybridized carbons (Fsp3) is 0.583. The molecule has 5 aliphatic rings. The summed E-state index contributed by atoms with van der Waals surface area (Å²) in [6, 6.07) is 5.74. The van der Waals surface area contributed by atoms with Crippen molar-refractivity contribution in [3.63, 3.8) is 0 Å². The number of nitrogens with zero attached hydrogens (tertiary/aromatic N) is 1. The number of carbonyl (C=O) groups is 1. The van der Waals surface area contributed by atoms with Gasteiger partial charge in [0.15, 0.2) is 0 Å². The largest absolute Gasteiger partial charge is 0.351 e. The summed E-state index contributed by atoms with van der Waals surface area (Å²) in [6.07, 6.45) is 14.4. The first-order valence-electron chi connectivity index (χ1n) is 10.9. The number of carbonyl (C=O) groups excluding carboxylic acids is 1. The predicted octanol–water partition coefficient (Wildman–Crippen LogP) is 5.53. The summed E-state index contributed by atoms with van der Waals surface area (Å²) in [5, 5.41) is 3.79. The van der Waals surface area contributed by atoms with Crippen molar-refractivity contribution in [2.75, 3.05) is 13.1 Å². The summed E-state index contributed by atoms with van der Waals surface area (Å²) in [4.78, 5) is 17.3. The van der Waals surface area contributed by atoms with Gasteiger partial charge < -0.3 is 5.32 Å². The van der Waals surface area contributed by atoms with Crippen molar-refractivity contribution in [1.82, 2.24) is 5.32 Å². The quantitative estimate of drug-likeness (QED) is 0.713. The number of allylic oxidation sites excluding steroid dienone is 1. The minimum Gasteiger partial charge on any atom is -0.351 e. The fourth-order valence-electron chi connectivity index (χ4n) is 6.62. The summed E-state index contributed by atoms with van der Waals surface area (Å²) >= 11 is 6.38. The van der Waals surface area contributed by atoms with Gasteiger partial charge in [0.2, 0.25) is 0 Å². The molecule has 0 spiro atoms. The van der Waals surface area contributed by atoms with E-state index in [9.17, 15) is 4.79 Å². The molecule has 0 atom stereocenters. The molecule has 4 heteroatoms. The van der Waals surface area contributed by atoms with E-state index in [4.69, 9.17) is 11.6 Å². The molecule has 148 valence electrons. The van der Waals surface area contributed by atoms with Crippen LogP contribution >= 0.6 is 11.6 Å². The van der Waals surface area contributed by atoms with Gasteiger partial charge in [0, 0.05) is 19.3 Å². The minimum atomic E-state index is -0.0293. The van der Waals surface area contributed by atoms with Gasteiger partial charge in [-0.15, -0.1) is 0 Å². The highest BCUT2D eigenvalue weighted by atomic mass is 35.5. The normalized spacial score (nSPS) is 34.8. The Kier molecular flexibility index (Phi) is 4.82. The summed E-state index contributed by atoms with van der Waals surface area (Å²) in [5.41, 5.74) is 3.17. The third-order valence-electron chi connectivity index (χ3n) is 7.39. The molecule has 4 aliphatic carbocycles. The molecule has 1 aromatic carbocycles. The van der Waals surface area contributed by atoms with Gasteiger partial charge >= 0.3 is 0 Å². The highest BCUT2D eigenvalue weighted by molar-refractivity contribution is 6.33. The molecule has 1 heterocycles. The van der Waals surface area contributed by atoms with Crippen LogP contribution in [0.1, 0.15) is 67.3 Å². The minimum absolute atomic E-state index is 0.0293. The van der Waals surface area contributed by atoms with Crippen LogP contribution in [0.25, 0.3) is 6.08 Å². The van der Waals surface area contributed by atoms with Crippen LogP contribution in [0.3, 0.4) is 0 Å². The zero-order valence-electron chi connectivity index (χ0n) is 16.4. The Morgan fingerprint density at radius 3 is 2.54 bits per heavy atom. The standard InChI is InChI=1S/C24H29ClN2O/c25-22-4-3-16(6-17-2-1-5-26-14-17)10-21(22)23(28)27-15-24-11-18-7-19(12-24)9-20(8-18)13-24/h3-4,6,10,14,18-20H,1-2,5,7-9,11-13,15H2,(H,27,28)/b17-6+. The predicted molar refractivity (Wildman–Crippen MR) is 115 cm³/mol. The van der Waals surface area contributed by atoms with Crippen molar-refractivity contribution in [2.45, 2.75) is 51.4 Å². The Balaban J connectivity index is 1.29. The van der Waals surface area contributed by atoms with Crippen LogP contribution in [0.4, 0.5) is 0 Å². The summed E-state index contributed by atoms with van der Waals surface area (Å²) in [7, 11) is 0. The molecule has 3 nitrogen and oxygen atoms in total. The van der Waals surface area contributed by atoms with Crippen LogP contribution in [0, 0.1) is 23.2 Å². The van der Waals surface area contributed by atoms with Crippen molar-refractivity contribution in [3.8, 4) is 0 Å². The van der Waals surface area contributed by atoms with Gasteiger partial charge in [0.25, 0.3) is 5.91 Å². The average molecular weight is 397 g/mol. The van der Waals surface area contributed by atoms with Gasteiger partial charge in [-0.3, -0.25) is 9.79 Å². The third kappa shape index (κ3) is 3.66. The number of rotatable bonds is 4. The molecule has 4 bridgehead atoms. The zero-order valence-corrected chi connectivity index (χ0v) is 17.2. The van der Waals surface area contributed by atoms with Crippen LogP contribution < -0.4 is 5.32 Å². The van der Waals surface area contributed by atoms with Crippen molar-refractivity contribution in [1.29, 1.82) is 0 Å². The van der Waals surface area contributed by atoms with E-state index in [0.717, 1.165) is 49.2 Å². The third-order valence-corrected chi connectivity index (χ3v) is 7.72. The van der Waals surface area contributed by atoms with E-state index in [0.29, 0.717) is 16.0 Å². The second-order valence-corrected chi connectivity index (χ2v) is 10.1. The maximum atomic E-state index is 13.0. The first kappa shape index (κ1) is 18.4. The molecule has 6 rings (SSSR count). The first-order chi connectivity index (χ1) is 13.6. The van der Waals surface area contributed by atoms with E-state index in [1.807, 2.05) is 24.4 Å². The van der Waals surface area contributed by atoms with Gasteiger partial charge in [-0.1, -0.05) is 23.7 Å². The molecule has 0 radical (unpaired) electrons. The van der Waals surface area contributed by atoms with Gasteiger partial charge in [-0.05, 0) is 97.8 Å². The molecule has 0 aromatic heterocycles. The molecule has 0 unspecified atom stereocenters. The van der Waals surface area contributed by atoms with Crippen LogP contribution in [0.5, 0.6) is 0 Å². The number of aliphatic imine (C=N–C) groups is 1. The van der Waals surface area contributed by atoms with Crippen molar-refractivity contribution >= 4 is 29.8 Å². The Morgan fingerprint density at radius 1 is 1.18 bits per heavy atom. The smallest absolute Gasteiger partial charge is 0.252 e. The van der Waals surface area contributed by atoms with E-state index < -0.39 is 0 Å². The number of amides is 1. The van der Waals surface area contributed by atoms with E-state index in [-0.39, 0.29) is 5.91 Å². The van der Waals surface area contributed by atoms with Crippen molar-refractivity contribution in [3.05, 3.63) is 39.9 Å². The molecule has 1 aromatic rings. The van der Waals surface area contributed by atoms with Gasteiger partial charge in [-0.2, -0.15) is 0 Å². The van der Waals surface area contributed by atoms with Crippen molar-refractivity contribution < 1.29 is 4.79 Å².